The fourth-order valence-corrected chi connectivity index (χ4v) is 5.51. The normalized spacial score (nSPS) is 26.3. The summed E-state index contributed by atoms with van der Waals surface area (Å²) < 4.78 is 5.85. The van der Waals surface area contributed by atoms with Gasteiger partial charge in [0.25, 0.3) is 5.91 Å². The number of aryl methyl sites for hydroxylation is 1. The minimum absolute atomic E-state index is 0.198. The van der Waals surface area contributed by atoms with Crippen LogP contribution in [0.25, 0.3) is 0 Å². The summed E-state index contributed by atoms with van der Waals surface area (Å²) in [6.45, 7) is 7.11. The van der Waals surface area contributed by atoms with Crippen molar-refractivity contribution in [3.8, 4) is 0 Å². The second kappa shape index (κ2) is 8.76. The highest BCUT2D eigenvalue weighted by Gasteiger charge is 2.39. The van der Waals surface area contributed by atoms with E-state index in [1.165, 1.54) is 16.7 Å². The van der Waals surface area contributed by atoms with Crippen LogP contribution >= 0.6 is 0 Å². The largest absolute Gasteiger partial charge is 0.373 e. The molecule has 2 aromatic carbocycles. The van der Waals surface area contributed by atoms with E-state index in [4.69, 9.17) is 4.74 Å². The van der Waals surface area contributed by atoms with Crippen LogP contribution in [0.1, 0.15) is 72.6 Å². The van der Waals surface area contributed by atoms with Gasteiger partial charge < -0.3 is 9.64 Å². The number of benzene rings is 2. The molecule has 1 aliphatic heterocycles. The van der Waals surface area contributed by atoms with Crippen molar-refractivity contribution in [1.29, 1.82) is 0 Å². The van der Waals surface area contributed by atoms with E-state index in [9.17, 15) is 4.79 Å². The Kier molecular flexibility index (Phi) is 5.85. The molecule has 1 saturated carbocycles. The predicted octanol–water partition coefficient (Wildman–Crippen LogP) is 4.98. The summed E-state index contributed by atoms with van der Waals surface area (Å²) in [7, 11) is 0. The number of fused-ring (bicyclic) bond motifs is 1. The number of ether oxygens (including phenoxy) is 1. The highest BCUT2D eigenvalue weighted by atomic mass is 16.5. The molecule has 5 rings (SSSR count). The van der Waals surface area contributed by atoms with Gasteiger partial charge in [0.2, 0.25) is 0 Å². The second-order valence-electron chi connectivity index (χ2n) is 9.70. The van der Waals surface area contributed by atoms with Gasteiger partial charge in [-0.3, -0.25) is 9.69 Å². The third-order valence-electron chi connectivity index (χ3n) is 6.95. The maximum Gasteiger partial charge on any atom is 0.254 e. The number of hydrogen-bond donors (Lipinski definition) is 0. The molecular formula is C27H34N2O2. The molecule has 31 heavy (non-hydrogen) atoms. The maximum absolute atomic E-state index is 13.6. The lowest BCUT2D eigenvalue weighted by molar-refractivity contribution is -0.0704. The molecule has 1 heterocycles. The van der Waals surface area contributed by atoms with E-state index in [1.54, 1.807) is 0 Å². The number of hydrogen-bond acceptors (Lipinski definition) is 3. The van der Waals surface area contributed by atoms with Gasteiger partial charge in [0.15, 0.2) is 0 Å². The van der Waals surface area contributed by atoms with E-state index in [0.717, 1.165) is 57.3 Å². The fourth-order valence-electron chi connectivity index (χ4n) is 5.51. The summed E-state index contributed by atoms with van der Waals surface area (Å²) in [6.07, 6.45) is 6.18. The second-order valence-corrected chi connectivity index (χ2v) is 9.70. The van der Waals surface area contributed by atoms with Crippen molar-refractivity contribution in [1.82, 2.24) is 9.80 Å². The standard InChI is InChI=1S/C27H34N2O2/c1-19-16-28(17-20(2)31-19)18-21-10-12-23(13-11-21)27(30)29(24-14-15-24)26-9-5-7-22-6-3-4-8-25(22)26/h3-4,6,8,10-13,19-20,24,26H,5,7,9,14-18H2,1-2H3. The van der Waals surface area contributed by atoms with Crippen LogP contribution in [0.15, 0.2) is 48.5 Å². The van der Waals surface area contributed by atoms with Crippen LogP contribution in [-0.4, -0.2) is 47.0 Å². The Morgan fingerprint density at radius 1 is 1.00 bits per heavy atom. The first-order valence-electron chi connectivity index (χ1n) is 12.0. The molecule has 0 bridgehead atoms. The van der Waals surface area contributed by atoms with Crippen molar-refractivity contribution >= 4 is 5.91 Å². The van der Waals surface area contributed by atoms with E-state index < -0.39 is 0 Å². The van der Waals surface area contributed by atoms with Crippen LogP contribution in [0.5, 0.6) is 0 Å². The maximum atomic E-state index is 13.6. The van der Waals surface area contributed by atoms with Crippen molar-refractivity contribution in [2.45, 2.75) is 76.8 Å². The van der Waals surface area contributed by atoms with Crippen LogP contribution in [0.3, 0.4) is 0 Å². The Labute approximate surface area is 186 Å². The lowest BCUT2D eigenvalue weighted by atomic mass is 9.86. The predicted molar refractivity (Wildman–Crippen MR) is 123 cm³/mol. The molecule has 3 atom stereocenters. The van der Waals surface area contributed by atoms with Crippen molar-refractivity contribution in [3.63, 3.8) is 0 Å². The fraction of sp³-hybridized carbons (Fsp3) is 0.519. The van der Waals surface area contributed by atoms with E-state index >= 15 is 0 Å². The lowest BCUT2D eigenvalue weighted by Gasteiger charge is -2.36. The van der Waals surface area contributed by atoms with E-state index in [2.05, 4.69) is 60.0 Å². The number of morpholine rings is 1. The SMILES string of the molecule is CC1CN(Cc2ccc(C(=O)N(C3CC3)C3CCCc4ccccc43)cc2)CC(C)O1. The van der Waals surface area contributed by atoms with Crippen LogP contribution in [0.2, 0.25) is 0 Å². The monoisotopic (exact) mass is 418 g/mol. The summed E-state index contributed by atoms with van der Waals surface area (Å²) in [5.41, 5.74) is 4.86. The number of carbonyl (C=O) groups excluding carboxylic acids is 1. The summed E-state index contributed by atoms with van der Waals surface area (Å²) in [6, 6.07) is 17.7. The molecule has 0 aromatic heterocycles. The molecule has 1 saturated heterocycles. The Balaban J connectivity index is 1.32. The van der Waals surface area contributed by atoms with Gasteiger partial charge in [-0.05, 0) is 74.8 Å². The third-order valence-corrected chi connectivity index (χ3v) is 6.95. The number of nitrogens with zero attached hydrogens (tertiary/aromatic N) is 2. The molecule has 164 valence electrons. The van der Waals surface area contributed by atoms with Crippen LogP contribution < -0.4 is 0 Å². The van der Waals surface area contributed by atoms with Gasteiger partial charge in [-0.25, -0.2) is 0 Å². The molecule has 4 heteroatoms. The zero-order chi connectivity index (χ0) is 21.4. The average Bonchev–Trinajstić information content (AvgIpc) is 3.59. The topological polar surface area (TPSA) is 32.8 Å². The molecule has 4 nitrogen and oxygen atoms in total. The van der Waals surface area contributed by atoms with Crippen molar-refractivity contribution in [2.75, 3.05) is 13.1 Å². The van der Waals surface area contributed by atoms with E-state index in [-0.39, 0.29) is 24.2 Å². The summed E-state index contributed by atoms with van der Waals surface area (Å²) >= 11 is 0. The molecule has 1 amide bonds. The van der Waals surface area contributed by atoms with Crippen molar-refractivity contribution in [2.24, 2.45) is 0 Å². The molecule has 0 radical (unpaired) electrons. The number of carbonyl (C=O) groups is 1. The first kappa shape index (κ1) is 20.7. The van der Waals surface area contributed by atoms with Gasteiger partial charge in [0.1, 0.15) is 0 Å². The Morgan fingerprint density at radius 3 is 2.42 bits per heavy atom. The summed E-state index contributed by atoms with van der Waals surface area (Å²) in [5.74, 6) is 0.198. The Hall–Kier alpha value is -2.17. The van der Waals surface area contributed by atoms with Gasteiger partial charge in [0.05, 0.1) is 18.2 Å². The van der Waals surface area contributed by atoms with Crippen molar-refractivity contribution in [3.05, 3.63) is 70.8 Å². The molecule has 0 N–H and O–H groups in total. The number of rotatable bonds is 5. The van der Waals surface area contributed by atoms with E-state index in [1.807, 2.05) is 12.1 Å². The summed E-state index contributed by atoms with van der Waals surface area (Å²) in [5, 5.41) is 0. The van der Waals surface area contributed by atoms with Gasteiger partial charge in [-0.2, -0.15) is 0 Å². The number of amides is 1. The van der Waals surface area contributed by atoms with Gasteiger partial charge in [-0.1, -0.05) is 36.4 Å². The Bertz CT molecular complexity index is 911. The molecular weight excluding hydrogens is 384 g/mol. The molecule has 2 aliphatic carbocycles. The zero-order valence-electron chi connectivity index (χ0n) is 18.8. The minimum Gasteiger partial charge on any atom is -0.373 e. The molecule has 2 fully saturated rings. The summed E-state index contributed by atoms with van der Waals surface area (Å²) in [4.78, 5) is 18.3. The quantitative estimate of drug-likeness (QED) is 0.687. The highest BCUT2D eigenvalue weighted by Crippen LogP contribution is 2.41. The van der Waals surface area contributed by atoms with Crippen molar-refractivity contribution < 1.29 is 9.53 Å². The molecule has 3 unspecified atom stereocenters. The smallest absolute Gasteiger partial charge is 0.254 e. The van der Waals surface area contributed by atoms with E-state index in [0.29, 0.717) is 6.04 Å². The molecule has 3 aliphatic rings. The molecule has 0 spiro atoms. The average molecular weight is 419 g/mol. The third kappa shape index (κ3) is 4.56. The Morgan fingerprint density at radius 2 is 1.71 bits per heavy atom. The van der Waals surface area contributed by atoms with Crippen LogP contribution in [0.4, 0.5) is 0 Å². The minimum atomic E-state index is 0.198. The highest BCUT2D eigenvalue weighted by molar-refractivity contribution is 5.95. The van der Waals surface area contributed by atoms with Crippen LogP contribution in [0, 0.1) is 0 Å². The first-order chi connectivity index (χ1) is 15.1. The lowest BCUT2D eigenvalue weighted by Crippen LogP contribution is -2.44. The molecule has 2 aromatic rings. The van der Waals surface area contributed by atoms with Crippen LogP contribution in [-0.2, 0) is 17.7 Å². The first-order valence-corrected chi connectivity index (χ1v) is 12.0. The van der Waals surface area contributed by atoms with Gasteiger partial charge in [0, 0.05) is 31.2 Å². The van der Waals surface area contributed by atoms with Gasteiger partial charge >= 0.3 is 0 Å². The zero-order valence-corrected chi connectivity index (χ0v) is 18.8. The van der Waals surface area contributed by atoms with Gasteiger partial charge in [-0.15, -0.1) is 0 Å².